The van der Waals surface area contributed by atoms with E-state index in [1.54, 1.807) is 14.2 Å². The van der Waals surface area contributed by atoms with Crippen LogP contribution in [0.25, 0.3) is 0 Å². The maximum atomic E-state index is 5.93. The molecule has 0 saturated carbocycles. The minimum Gasteiger partial charge on any atom is -0.383 e. The van der Waals surface area contributed by atoms with E-state index in [9.17, 15) is 0 Å². The van der Waals surface area contributed by atoms with Gasteiger partial charge in [-0.2, -0.15) is 0 Å². The van der Waals surface area contributed by atoms with E-state index in [1.165, 1.54) is 5.56 Å². The molecule has 0 aliphatic carbocycles. The minimum atomic E-state index is 0.662. The molecule has 0 fully saturated rings. The average molecular weight is 270 g/mol. The smallest absolute Gasteiger partial charge is 0.191 e. The van der Waals surface area contributed by atoms with Crippen molar-refractivity contribution in [1.29, 1.82) is 0 Å². The van der Waals surface area contributed by atoms with Gasteiger partial charge in [0.2, 0.25) is 0 Å². The third-order valence-electron chi connectivity index (χ3n) is 2.42. The van der Waals surface area contributed by atoms with Crippen LogP contribution in [0, 0.1) is 0 Å². The van der Waals surface area contributed by atoms with Crippen LogP contribution in [0.4, 0.5) is 0 Å². The molecule has 5 heteroatoms. The van der Waals surface area contributed by atoms with E-state index in [-0.39, 0.29) is 0 Å². The quantitative estimate of drug-likeness (QED) is 0.469. The second-order valence-electron chi connectivity index (χ2n) is 3.80. The summed E-state index contributed by atoms with van der Waals surface area (Å²) in [6, 6.07) is 7.88. The van der Waals surface area contributed by atoms with Crippen LogP contribution in [-0.4, -0.2) is 39.8 Å². The van der Waals surface area contributed by atoms with Gasteiger partial charge in [-0.1, -0.05) is 23.7 Å². The molecular formula is C13H20ClN3O. The van der Waals surface area contributed by atoms with Crippen molar-refractivity contribution < 1.29 is 4.74 Å². The number of guanidine groups is 1. The van der Waals surface area contributed by atoms with Crippen molar-refractivity contribution in [2.24, 2.45) is 4.99 Å². The van der Waals surface area contributed by atoms with E-state index < -0.39 is 0 Å². The van der Waals surface area contributed by atoms with Crippen LogP contribution in [-0.2, 0) is 11.2 Å². The molecule has 0 aromatic heterocycles. The lowest BCUT2D eigenvalue weighted by molar-refractivity contribution is 0.203. The van der Waals surface area contributed by atoms with Crippen molar-refractivity contribution in [2.75, 3.05) is 33.9 Å². The summed E-state index contributed by atoms with van der Waals surface area (Å²) < 4.78 is 4.96. The molecule has 0 spiro atoms. The minimum absolute atomic E-state index is 0.662. The number of hydrogen-bond donors (Lipinski definition) is 2. The molecule has 0 saturated heterocycles. The van der Waals surface area contributed by atoms with Crippen LogP contribution in [0.2, 0.25) is 5.02 Å². The molecule has 100 valence electrons. The summed E-state index contributed by atoms with van der Waals surface area (Å²) in [6.07, 6.45) is 0.908. The Bertz CT molecular complexity index is 382. The molecule has 1 rings (SSSR count). The summed E-state index contributed by atoms with van der Waals surface area (Å²) in [5.74, 6) is 0.786. The predicted molar refractivity (Wildman–Crippen MR) is 76.4 cm³/mol. The number of methoxy groups -OCH3 is 1. The van der Waals surface area contributed by atoms with Crippen LogP contribution < -0.4 is 10.6 Å². The number of hydrogen-bond acceptors (Lipinski definition) is 2. The molecule has 0 unspecified atom stereocenters. The number of ether oxygens (including phenoxy) is 1. The summed E-state index contributed by atoms with van der Waals surface area (Å²) in [7, 11) is 3.43. The van der Waals surface area contributed by atoms with Crippen LogP contribution >= 0.6 is 11.6 Å². The summed E-state index contributed by atoms with van der Waals surface area (Å²) in [5, 5.41) is 7.17. The Kier molecular flexibility index (Phi) is 7.22. The number of nitrogens with one attached hydrogen (secondary N) is 2. The first-order valence-electron chi connectivity index (χ1n) is 5.94. The fourth-order valence-corrected chi connectivity index (χ4v) is 1.72. The van der Waals surface area contributed by atoms with Gasteiger partial charge in [0.1, 0.15) is 0 Å². The SMILES string of the molecule is CN=C(NCCOC)NCCc1cccc(Cl)c1. The van der Waals surface area contributed by atoms with E-state index in [0.29, 0.717) is 6.61 Å². The fourth-order valence-electron chi connectivity index (χ4n) is 1.51. The van der Waals surface area contributed by atoms with E-state index >= 15 is 0 Å². The lowest BCUT2D eigenvalue weighted by Crippen LogP contribution is -2.39. The lowest BCUT2D eigenvalue weighted by atomic mass is 10.1. The maximum Gasteiger partial charge on any atom is 0.191 e. The van der Waals surface area contributed by atoms with Gasteiger partial charge in [0.15, 0.2) is 5.96 Å². The van der Waals surface area contributed by atoms with Gasteiger partial charge in [-0.15, -0.1) is 0 Å². The van der Waals surface area contributed by atoms with Crippen molar-refractivity contribution in [3.05, 3.63) is 34.9 Å². The highest BCUT2D eigenvalue weighted by atomic mass is 35.5. The molecule has 0 bridgehead atoms. The van der Waals surface area contributed by atoms with Gasteiger partial charge >= 0.3 is 0 Å². The first kappa shape index (κ1) is 14.8. The summed E-state index contributed by atoms with van der Waals surface area (Å²) in [6.45, 7) is 2.22. The number of aliphatic imine (C=N–C) groups is 1. The normalized spacial score (nSPS) is 11.4. The van der Waals surface area contributed by atoms with Crippen LogP contribution in [0.3, 0.4) is 0 Å². The molecule has 0 heterocycles. The monoisotopic (exact) mass is 269 g/mol. The molecule has 2 N–H and O–H groups in total. The van der Waals surface area contributed by atoms with Gasteiger partial charge < -0.3 is 15.4 Å². The third-order valence-corrected chi connectivity index (χ3v) is 2.65. The largest absolute Gasteiger partial charge is 0.383 e. The number of rotatable bonds is 6. The molecule has 4 nitrogen and oxygen atoms in total. The topological polar surface area (TPSA) is 45.7 Å². The van der Waals surface area contributed by atoms with Crippen molar-refractivity contribution in [3.63, 3.8) is 0 Å². The molecule has 0 radical (unpaired) electrons. The molecule has 1 aromatic rings. The Labute approximate surface area is 113 Å². The molecule has 18 heavy (non-hydrogen) atoms. The molecule has 0 amide bonds. The fraction of sp³-hybridized carbons (Fsp3) is 0.462. The zero-order chi connectivity index (χ0) is 13.2. The number of benzene rings is 1. The number of halogens is 1. The van der Waals surface area contributed by atoms with Crippen LogP contribution in [0.1, 0.15) is 5.56 Å². The van der Waals surface area contributed by atoms with E-state index in [4.69, 9.17) is 16.3 Å². The van der Waals surface area contributed by atoms with Gasteiger partial charge in [0.05, 0.1) is 6.61 Å². The second-order valence-corrected chi connectivity index (χ2v) is 4.23. The van der Waals surface area contributed by atoms with Gasteiger partial charge in [-0.05, 0) is 24.1 Å². The van der Waals surface area contributed by atoms with Gasteiger partial charge in [-0.3, -0.25) is 4.99 Å². The highest BCUT2D eigenvalue weighted by molar-refractivity contribution is 6.30. The van der Waals surface area contributed by atoms with Crippen molar-refractivity contribution in [1.82, 2.24) is 10.6 Å². The van der Waals surface area contributed by atoms with E-state index in [0.717, 1.165) is 30.5 Å². The van der Waals surface area contributed by atoms with Crippen molar-refractivity contribution in [2.45, 2.75) is 6.42 Å². The highest BCUT2D eigenvalue weighted by Crippen LogP contribution is 2.10. The van der Waals surface area contributed by atoms with Gasteiger partial charge in [-0.25, -0.2) is 0 Å². The van der Waals surface area contributed by atoms with Crippen LogP contribution in [0.5, 0.6) is 0 Å². The zero-order valence-corrected chi connectivity index (χ0v) is 11.6. The molecule has 0 atom stereocenters. The summed E-state index contributed by atoms with van der Waals surface area (Å²) in [4.78, 5) is 4.12. The average Bonchev–Trinajstić information content (AvgIpc) is 2.37. The Morgan fingerprint density at radius 3 is 2.78 bits per heavy atom. The lowest BCUT2D eigenvalue weighted by Gasteiger charge is -2.11. The third kappa shape index (κ3) is 5.89. The van der Waals surface area contributed by atoms with E-state index in [1.807, 2.05) is 18.2 Å². The molecular weight excluding hydrogens is 250 g/mol. The zero-order valence-electron chi connectivity index (χ0n) is 10.9. The molecule has 1 aromatic carbocycles. The molecule has 0 aliphatic rings. The maximum absolute atomic E-state index is 5.93. The summed E-state index contributed by atoms with van der Waals surface area (Å²) in [5.41, 5.74) is 1.21. The van der Waals surface area contributed by atoms with Crippen LogP contribution in [0.15, 0.2) is 29.3 Å². The van der Waals surface area contributed by atoms with Crippen molar-refractivity contribution in [3.8, 4) is 0 Å². The highest BCUT2D eigenvalue weighted by Gasteiger charge is 1.98. The standard InChI is InChI=1S/C13H20ClN3O/c1-15-13(17-8-9-18-2)16-7-6-11-4-3-5-12(14)10-11/h3-5,10H,6-9H2,1-2H3,(H2,15,16,17). The Hall–Kier alpha value is -1.26. The first-order valence-corrected chi connectivity index (χ1v) is 6.32. The number of nitrogens with zero attached hydrogens (tertiary/aromatic N) is 1. The Balaban J connectivity index is 2.27. The first-order chi connectivity index (χ1) is 8.76. The van der Waals surface area contributed by atoms with Gasteiger partial charge in [0, 0.05) is 32.3 Å². The Morgan fingerprint density at radius 2 is 2.11 bits per heavy atom. The van der Waals surface area contributed by atoms with E-state index in [2.05, 4.69) is 21.7 Å². The van der Waals surface area contributed by atoms with Gasteiger partial charge in [0.25, 0.3) is 0 Å². The second kappa shape index (κ2) is 8.78. The molecule has 0 aliphatic heterocycles. The van der Waals surface area contributed by atoms with Crippen molar-refractivity contribution >= 4 is 17.6 Å². The summed E-state index contributed by atoms with van der Waals surface area (Å²) >= 11 is 5.93. The Morgan fingerprint density at radius 1 is 1.33 bits per heavy atom. The predicted octanol–water partition coefficient (Wildman–Crippen LogP) is 1.69.